The van der Waals surface area contributed by atoms with Crippen LogP contribution in [0.2, 0.25) is 0 Å². The van der Waals surface area contributed by atoms with Gasteiger partial charge in [-0.3, -0.25) is 9.79 Å². The molecule has 1 aromatic rings. The van der Waals surface area contributed by atoms with Gasteiger partial charge in [-0.1, -0.05) is 12.1 Å². The molecule has 0 aromatic heterocycles. The van der Waals surface area contributed by atoms with Crippen LogP contribution in [0.3, 0.4) is 0 Å². The standard InChI is InChI=1S/C22H34N4O3/c1-23-22(25-16-20(27)26-13-6-3-7-14-26)24-15-17-9-8-12-19(28-2)21(17)29-18-10-4-5-11-18/h8-9,12,18H,3-7,10-11,13-16H2,1-2H3,(H2,23,24,25). The second kappa shape index (κ2) is 10.9. The van der Waals surface area contributed by atoms with Crippen molar-refractivity contribution in [1.29, 1.82) is 0 Å². The van der Waals surface area contributed by atoms with E-state index < -0.39 is 0 Å². The summed E-state index contributed by atoms with van der Waals surface area (Å²) in [5.74, 6) is 2.28. The van der Waals surface area contributed by atoms with Crippen LogP contribution in [0.4, 0.5) is 0 Å². The van der Waals surface area contributed by atoms with Crippen molar-refractivity contribution in [3.05, 3.63) is 23.8 Å². The van der Waals surface area contributed by atoms with Crippen molar-refractivity contribution in [2.24, 2.45) is 4.99 Å². The number of likely N-dealkylation sites (tertiary alicyclic amines) is 1. The van der Waals surface area contributed by atoms with Gasteiger partial charge in [0.05, 0.1) is 19.8 Å². The van der Waals surface area contributed by atoms with Gasteiger partial charge in [0.2, 0.25) is 5.91 Å². The molecular formula is C22H34N4O3. The van der Waals surface area contributed by atoms with Gasteiger partial charge in [0.1, 0.15) is 0 Å². The van der Waals surface area contributed by atoms with Crippen molar-refractivity contribution >= 4 is 11.9 Å². The van der Waals surface area contributed by atoms with Gasteiger partial charge in [0, 0.05) is 32.2 Å². The maximum absolute atomic E-state index is 12.4. The van der Waals surface area contributed by atoms with Crippen LogP contribution in [0, 0.1) is 0 Å². The molecule has 2 fully saturated rings. The van der Waals surface area contributed by atoms with Crippen LogP contribution in [-0.4, -0.2) is 56.7 Å². The van der Waals surface area contributed by atoms with E-state index in [0.717, 1.165) is 55.8 Å². The van der Waals surface area contributed by atoms with Crippen molar-refractivity contribution in [1.82, 2.24) is 15.5 Å². The Morgan fingerprint density at radius 3 is 2.59 bits per heavy atom. The summed E-state index contributed by atoms with van der Waals surface area (Å²) in [5, 5.41) is 6.43. The minimum absolute atomic E-state index is 0.124. The molecule has 0 radical (unpaired) electrons. The average molecular weight is 403 g/mol. The monoisotopic (exact) mass is 402 g/mol. The number of ether oxygens (including phenoxy) is 2. The number of guanidine groups is 1. The molecule has 2 aliphatic rings. The number of para-hydroxylation sites is 1. The predicted molar refractivity (Wildman–Crippen MR) is 115 cm³/mol. The molecule has 160 valence electrons. The van der Waals surface area contributed by atoms with E-state index in [2.05, 4.69) is 15.6 Å². The van der Waals surface area contributed by atoms with Crippen LogP contribution >= 0.6 is 0 Å². The van der Waals surface area contributed by atoms with Gasteiger partial charge in [-0.15, -0.1) is 0 Å². The minimum atomic E-state index is 0.124. The second-order valence-corrected chi connectivity index (χ2v) is 7.69. The summed E-state index contributed by atoms with van der Waals surface area (Å²) in [6.07, 6.45) is 8.27. The van der Waals surface area contributed by atoms with Crippen LogP contribution in [-0.2, 0) is 11.3 Å². The van der Waals surface area contributed by atoms with E-state index in [-0.39, 0.29) is 18.6 Å². The first-order valence-corrected chi connectivity index (χ1v) is 10.8. The molecule has 1 aromatic carbocycles. The van der Waals surface area contributed by atoms with E-state index in [1.165, 1.54) is 19.3 Å². The zero-order valence-corrected chi connectivity index (χ0v) is 17.7. The number of rotatable bonds is 7. The predicted octanol–water partition coefficient (Wildman–Crippen LogP) is 2.69. The zero-order valence-electron chi connectivity index (χ0n) is 17.7. The van der Waals surface area contributed by atoms with E-state index in [9.17, 15) is 4.79 Å². The van der Waals surface area contributed by atoms with Gasteiger partial charge in [-0.05, 0) is 51.0 Å². The van der Waals surface area contributed by atoms with Crippen LogP contribution in [0.1, 0.15) is 50.5 Å². The molecule has 3 rings (SSSR count). The van der Waals surface area contributed by atoms with Gasteiger partial charge < -0.3 is 25.0 Å². The van der Waals surface area contributed by atoms with E-state index >= 15 is 0 Å². The van der Waals surface area contributed by atoms with Gasteiger partial charge in [-0.25, -0.2) is 0 Å². The molecule has 1 aliphatic carbocycles. The highest BCUT2D eigenvalue weighted by Crippen LogP contribution is 2.34. The van der Waals surface area contributed by atoms with E-state index in [4.69, 9.17) is 9.47 Å². The third-order valence-corrected chi connectivity index (χ3v) is 5.65. The SMILES string of the molecule is CN=C(NCC(=O)N1CCCCC1)NCc1cccc(OC)c1OC1CCCC1. The number of aliphatic imine (C=N–C) groups is 1. The van der Waals surface area contributed by atoms with Crippen molar-refractivity contribution in [2.45, 2.75) is 57.6 Å². The highest BCUT2D eigenvalue weighted by molar-refractivity contribution is 5.86. The van der Waals surface area contributed by atoms with Crippen molar-refractivity contribution < 1.29 is 14.3 Å². The Morgan fingerprint density at radius 2 is 1.90 bits per heavy atom. The molecule has 0 atom stereocenters. The van der Waals surface area contributed by atoms with Crippen molar-refractivity contribution in [2.75, 3.05) is 33.8 Å². The second-order valence-electron chi connectivity index (χ2n) is 7.69. The number of amides is 1. The molecule has 0 bridgehead atoms. The Bertz CT molecular complexity index is 695. The van der Waals surface area contributed by atoms with Crippen LogP contribution in [0.5, 0.6) is 11.5 Å². The number of piperidine rings is 1. The quantitative estimate of drug-likeness (QED) is 0.542. The average Bonchev–Trinajstić information content (AvgIpc) is 3.28. The molecule has 2 N–H and O–H groups in total. The summed E-state index contributed by atoms with van der Waals surface area (Å²) in [4.78, 5) is 18.5. The summed E-state index contributed by atoms with van der Waals surface area (Å²) in [6.45, 7) is 2.51. The van der Waals surface area contributed by atoms with Gasteiger partial charge >= 0.3 is 0 Å². The fourth-order valence-electron chi connectivity index (χ4n) is 3.98. The molecule has 0 unspecified atom stereocenters. The maximum Gasteiger partial charge on any atom is 0.241 e. The number of benzene rings is 1. The Kier molecular flexibility index (Phi) is 8.02. The molecule has 0 spiro atoms. The first kappa shape index (κ1) is 21.3. The number of carbonyl (C=O) groups is 1. The molecule has 1 aliphatic heterocycles. The smallest absolute Gasteiger partial charge is 0.241 e. The fourth-order valence-corrected chi connectivity index (χ4v) is 3.98. The summed E-state index contributed by atoms with van der Waals surface area (Å²) in [6, 6.07) is 5.93. The molecule has 29 heavy (non-hydrogen) atoms. The van der Waals surface area contributed by atoms with E-state index in [1.807, 2.05) is 23.1 Å². The zero-order chi connectivity index (χ0) is 20.5. The summed E-state index contributed by atoms with van der Waals surface area (Å²) >= 11 is 0. The maximum atomic E-state index is 12.4. The normalized spacial score (nSPS) is 17.9. The first-order valence-electron chi connectivity index (χ1n) is 10.8. The Hall–Kier alpha value is -2.44. The highest BCUT2D eigenvalue weighted by Gasteiger charge is 2.21. The number of carbonyl (C=O) groups excluding carboxylic acids is 1. The molecule has 7 nitrogen and oxygen atoms in total. The third-order valence-electron chi connectivity index (χ3n) is 5.65. The number of nitrogens with one attached hydrogen (secondary N) is 2. The summed E-state index contributed by atoms with van der Waals surface area (Å²) in [5.41, 5.74) is 1.02. The first-order chi connectivity index (χ1) is 14.2. The van der Waals surface area contributed by atoms with Crippen LogP contribution < -0.4 is 20.1 Å². The molecule has 1 saturated heterocycles. The van der Waals surface area contributed by atoms with Crippen LogP contribution in [0.25, 0.3) is 0 Å². The number of nitrogens with zero attached hydrogens (tertiary/aromatic N) is 2. The van der Waals surface area contributed by atoms with Crippen molar-refractivity contribution in [3.8, 4) is 11.5 Å². The lowest BCUT2D eigenvalue weighted by Gasteiger charge is -2.27. The van der Waals surface area contributed by atoms with E-state index in [0.29, 0.717) is 12.5 Å². The lowest BCUT2D eigenvalue weighted by molar-refractivity contribution is -0.130. The molecule has 7 heteroatoms. The fraction of sp³-hybridized carbons (Fsp3) is 0.636. The molecule has 1 heterocycles. The van der Waals surface area contributed by atoms with Gasteiger partial charge in [0.25, 0.3) is 0 Å². The summed E-state index contributed by atoms with van der Waals surface area (Å²) < 4.78 is 11.8. The topological polar surface area (TPSA) is 75.2 Å². The largest absolute Gasteiger partial charge is 0.493 e. The summed E-state index contributed by atoms with van der Waals surface area (Å²) in [7, 11) is 3.38. The van der Waals surface area contributed by atoms with Gasteiger partial charge in [-0.2, -0.15) is 0 Å². The lowest BCUT2D eigenvalue weighted by atomic mass is 10.1. The Balaban J connectivity index is 1.56. The van der Waals surface area contributed by atoms with Crippen molar-refractivity contribution in [3.63, 3.8) is 0 Å². The van der Waals surface area contributed by atoms with Crippen LogP contribution in [0.15, 0.2) is 23.2 Å². The number of methoxy groups -OCH3 is 1. The third kappa shape index (κ3) is 6.02. The highest BCUT2D eigenvalue weighted by atomic mass is 16.5. The Morgan fingerprint density at radius 1 is 1.14 bits per heavy atom. The molecule has 1 saturated carbocycles. The number of hydrogen-bond donors (Lipinski definition) is 2. The molecular weight excluding hydrogens is 368 g/mol. The van der Waals surface area contributed by atoms with E-state index in [1.54, 1.807) is 14.2 Å². The number of hydrogen-bond acceptors (Lipinski definition) is 4. The van der Waals surface area contributed by atoms with Gasteiger partial charge in [0.15, 0.2) is 17.5 Å². The minimum Gasteiger partial charge on any atom is -0.493 e. The Labute approximate surface area is 173 Å². The lowest BCUT2D eigenvalue weighted by Crippen LogP contribution is -2.45. The molecule has 1 amide bonds.